The number of methoxy groups -OCH3 is 1. The van der Waals surface area contributed by atoms with Crippen LogP contribution in [-0.4, -0.2) is 31.7 Å². The average molecular weight is 144 g/mol. The maximum atomic E-state index is 10.7. The lowest BCUT2D eigenvalue weighted by molar-refractivity contribution is -0.124. The van der Waals surface area contributed by atoms with Gasteiger partial charge in [0.1, 0.15) is 6.61 Å². The van der Waals surface area contributed by atoms with E-state index in [9.17, 15) is 4.79 Å². The molecule has 1 rings (SSSR count). The first-order chi connectivity index (χ1) is 4.74. The minimum absolute atomic E-state index is 0.0829. The number of rotatable bonds is 3. The van der Waals surface area contributed by atoms with E-state index in [1.807, 2.05) is 0 Å². The molecule has 1 amide bonds. The molecule has 4 nitrogen and oxygen atoms in total. The van der Waals surface area contributed by atoms with Gasteiger partial charge in [-0.3, -0.25) is 4.79 Å². The van der Waals surface area contributed by atoms with Crippen LogP contribution in [0.15, 0.2) is 0 Å². The lowest BCUT2D eigenvalue weighted by Crippen LogP contribution is -2.32. The van der Waals surface area contributed by atoms with Gasteiger partial charge in [-0.15, -0.1) is 0 Å². The molecule has 1 saturated carbocycles. The molecular weight excluding hydrogens is 132 g/mol. The Balaban J connectivity index is 2.07. The van der Waals surface area contributed by atoms with E-state index in [1.54, 1.807) is 0 Å². The summed E-state index contributed by atoms with van der Waals surface area (Å²) in [6, 6.07) is 0.364. The van der Waals surface area contributed by atoms with Gasteiger partial charge in [-0.1, -0.05) is 0 Å². The molecule has 58 valence electrons. The fourth-order valence-electron chi connectivity index (χ4n) is 0.760. The molecule has 2 atom stereocenters. The van der Waals surface area contributed by atoms with Gasteiger partial charge in [-0.05, 0) is 6.42 Å². The van der Waals surface area contributed by atoms with Gasteiger partial charge < -0.3 is 15.8 Å². The van der Waals surface area contributed by atoms with E-state index >= 15 is 0 Å². The molecule has 0 spiro atoms. The zero-order chi connectivity index (χ0) is 7.56. The Kier molecular flexibility index (Phi) is 2.24. The summed E-state index contributed by atoms with van der Waals surface area (Å²) in [5.74, 6) is -0.0829. The van der Waals surface area contributed by atoms with Crippen LogP contribution in [0.5, 0.6) is 0 Å². The number of nitrogens with two attached hydrogens (primary N) is 1. The summed E-state index contributed by atoms with van der Waals surface area (Å²) in [4.78, 5) is 10.7. The van der Waals surface area contributed by atoms with Crippen molar-refractivity contribution in [1.29, 1.82) is 0 Å². The van der Waals surface area contributed by atoms with Crippen molar-refractivity contribution in [2.45, 2.75) is 18.5 Å². The first kappa shape index (κ1) is 7.50. The maximum Gasteiger partial charge on any atom is 0.246 e. The molecule has 0 aliphatic heterocycles. The highest BCUT2D eigenvalue weighted by Crippen LogP contribution is 2.17. The summed E-state index contributed by atoms with van der Waals surface area (Å²) in [5.41, 5.74) is 5.46. The summed E-state index contributed by atoms with van der Waals surface area (Å²) in [5, 5.41) is 2.72. The number of carbonyl (C=O) groups is 1. The van der Waals surface area contributed by atoms with Crippen molar-refractivity contribution < 1.29 is 9.53 Å². The molecule has 10 heavy (non-hydrogen) atoms. The third-order valence-electron chi connectivity index (χ3n) is 1.46. The lowest BCUT2D eigenvalue weighted by atomic mass is 10.5. The van der Waals surface area contributed by atoms with Crippen LogP contribution in [-0.2, 0) is 9.53 Å². The second kappa shape index (κ2) is 2.98. The third-order valence-corrected chi connectivity index (χ3v) is 1.46. The number of hydrogen-bond donors (Lipinski definition) is 2. The molecule has 1 aliphatic carbocycles. The van der Waals surface area contributed by atoms with Gasteiger partial charge in [0.25, 0.3) is 0 Å². The lowest BCUT2D eigenvalue weighted by Gasteiger charge is -2.00. The van der Waals surface area contributed by atoms with Crippen LogP contribution in [0.4, 0.5) is 0 Å². The summed E-state index contributed by atoms with van der Waals surface area (Å²) < 4.78 is 4.61. The quantitative estimate of drug-likeness (QED) is 0.525. The summed E-state index contributed by atoms with van der Waals surface area (Å²) in [6.45, 7) is 0.128. The predicted molar refractivity (Wildman–Crippen MR) is 36.4 cm³/mol. The average Bonchev–Trinajstić information content (AvgIpc) is 2.47. The number of hydrogen-bond acceptors (Lipinski definition) is 3. The molecule has 0 saturated heterocycles. The van der Waals surface area contributed by atoms with E-state index in [0.29, 0.717) is 0 Å². The minimum atomic E-state index is -0.0829. The summed E-state index contributed by atoms with van der Waals surface area (Å²) >= 11 is 0. The Morgan fingerprint density at radius 2 is 2.50 bits per heavy atom. The van der Waals surface area contributed by atoms with Gasteiger partial charge in [-0.2, -0.15) is 0 Å². The van der Waals surface area contributed by atoms with Crippen molar-refractivity contribution >= 4 is 5.91 Å². The summed E-state index contributed by atoms with van der Waals surface area (Å²) in [6.07, 6.45) is 0.898. The normalized spacial score (nSPS) is 29.8. The predicted octanol–water partition coefficient (Wildman–Crippen LogP) is -1.15. The fourth-order valence-corrected chi connectivity index (χ4v) is 0.760. The highest BCUT2D eigenvalue weighted by atomic mass is 16.5. The highest BCUT2D eigenvalue weighted by Gasteiger charge is 2.34. The van der Waals surface area contributed by atoms with E-state index in [0.717, 1.165) is 6.42 Å². The summed E-state index contributed by atoms with van der Waals surface area (Å²) in [7, 11) is 1.49. The van der Waals surface area contributed by atoms with Crippen molar-refractivity contribution in [3.8, 4) is 0 Å². The molecule has 0 bridgehead atoms. The number of carbonyl (C=O) groups excluding carboxylic acids is 1. The van der Waals surface area contributed by atoms with E-state index in [2.05, 4.69) is 10.1 Å². The molecule has 0 radical (unpaired) electrons. The third kappa shape index (κ3) is 1.97. The SMILES string of the molecule is COCC(=O)NC1CC1N. The van der Waals surface area contributed by atoms with Crippen LogP contribution in [0, 0.1) is 0 Å². The van der Waals surface area contributed by atoms with Crippen LogP contribution >= 0.6 is 0 Å². The maximum absolute atomic E-state index is 10.7. The van der Waals surface area contributed by atoms with Crippen molar-refractivity contribution in [3.05, 3.63) is 0 Å². The molecule has 1 fully saturated rings. The van der Waals surface area contributed by atoms with Gasteiger partial charge in [0, 0.05) is 19.2 Å². The first-order valence-electron chi connectivity index (χ1n) is 3.28. The Labute approximate surface area is 59.7 Å². The Hall–Kier alpha value is -0.610. The van der Waals surface area contributed by atoms with E-state index < -0.39 is 0 Å². The van der Waals surface area contributed by atoms with Crippen molar-refractivity contribution in [2.75, 3.05) is 13.7 Å². The zero-order valence-corrected chi connectivity index (χ0v) is 5.96. The van der Waals surface area contributed by atoms with Crippen LogP contribution < -0.4 is 11.1 Å². The van der Waals surface area contributed by atoms with E-state index in [1.165, 1.54) is 7.11 Å². The molecule has 0 heterocycles. The van der Waals surface area contributed by atoms with Gasteiger partial charge >= 0.3 is 0 Å². The van der Waals surface area contributed by atoms with Crippen LogP contribution in [0.1, 0.15) is 6.42 Å². The number of ether oxygens (including phenoxy) is 1. The Morgan fingerprint density at radius 3 is 2.90 bits per heavy atom. The van der Waals surface area contributed by atoms with Gasteiger partial charge in [0.15, 0.2) is 0 Å². The minimum Gasteiger partial charge on any atom is -0.375 e. The Morgan fingerprint density at radius 1 is 1.90 bits per heavy atom. The number of nitrogens with one attached hydrogen (secondary N) is 1. The smallest absolute Gasteiger partial charge is 0.246 e. The molecule has 3 N–H and O–H groups in total. The Bertz CT molecular complexity index is 138. The van der Waals surface area contributed by atoms with Gasteiger partial charge in [-0.25, -0.2) is 0 Å². The van der Waals surface area contributed by atoms with Crippen LogP contribution in [0.2, 0.25) is 0 Å². The van der Waals surface area contributed by atoms with Gasteiger partial charge in [0.2, 0.25) is 5.91 Å². The fraction of sp³-hybridized carbons (Fsp3) is 0.833. The molecule has 4 heteroatoms. The van der Waals surface area contributed by atoms with Gasteiger partial charge in [0.05, 0.1) is 0 Å². The van der Waals surface area contributed by atoms with Crippen molar-refractivity contribution in [1.82, 2.24) is 5.32 Å². The molecular formula is C6H12N2O2. The zero-order valence-electron chi connectivity index (χ0n) is 5.96. The van der Waals surface area contributed by atoms with Crippen LogP contribution in [0.25, 0.3) is 0 Å². The molecule has 0 aromatic carbocycles. The number of amides is 1. The van der Waals surface area contributed by atoms with Crippen molar-refractivity contribution in [2.24, 2.45) is 5.73 Å². The standard InChI is InChI=1S/C6H12N2O2/c1-10-3-6(9)8-5-2-4(5)7/h4-5H,2-3,7H2,1H3,(H,8,9). The molecule has 1 aliphatic rings. The largest absolute Gasteiger partial charge is 0.375 e. The second-order valence-electron chi connectivity index (χ2n) is 2.51. The first-order valence-corrected chi connectivity index (χ1v) is 3.28. The molecule has 0 aromatic heterocycles. The molecule has 2 unspecified atom stereocenters. The highest BCUT2D eigenvalue weighted by molar-refractivity contribution is 5.77. The monoisotopic (exact) mass is 144 g/mol. The van der Waals surface area contributed by atoms with Crippen LogP contribution in [0.3, 0.4) is 0 Å². The van der Waals surface area contributed by atoms with E-state index in [-0.39, 0.29) is 24.6 Å². The topological polar surface area (TPSA) is 64.3 Å². The second-order valence-corrected chi connectivity index (χ2v) is 2.51. The molecule has 0 aromatic rings. The van der Waals surface area contributed by atoms with E-state index in [4.69, 9.17) is 5.73 Å². The van der Waals surface area contributed by atoms with Crippen molar-refractivity contribution in [3.63, 3.8) is 0 Å².